The standard InChI is InChI=1S/C12H19NO4/c1-11(2,3)17-10(16)13-7-6-12(4-5-12)8(13)9(14)15/h8H,4-7H2,1-3H3,(H,14,15). The topological polar surface area (TPSA) is 66.8 Å². The number of amides is 1. The van der Waals surface area contributed by atoms with Crippen LogP contribution in [-0.4, -0.2) is 40.3 Å². The molecule has 96 valence electrons. The van der Waals surface area contributed by atoms with Gasteiger partial charge in [0.05, 0.1) is 0 Å². The first-order valence-corrected chi connectivity index (χ1v) is 5.98. The van der Waals surface area contributed by atoms with Crippen LogP contribution in [0.3, 0.4) is 0 Å². The van der Waals surface area contributed by atoms with E-state index < -0.39 is 23.7 Å². The van der Waals surface area contributed by atoms with Gasteiger partial charge in [0.2, 0.25) is 0 Å². The molecule has 1 unspecified atom stereocenters. The van der Waals surface area contributed by atoms with Crippen molar-refractivity contribution in [1.82, 2.24) is 4.90 Å². The van der Waals surface area contributed by atoms with Crippen LogP contribution in [0.1, 0.15) is 40.0 Å². The zero-order valence-electron chi connectivity index (χ0n) is 10.5. The molecule has 0 aromatic rings. The van der Waals surface area contributed by atoms with Crippen LogP contribution in [0.5, 0.6) is 0 Å². The quantitative estimate of drug-likeness (QED) is 0.761. The number of ether oxygens (including phenoxy) is 1. The molecule has 1 aliphatic heterocycles. The highest BCUT2D eigenvalue weighted by Gasteiger charge is 2.60. The van der Waals surface area contributed by atoms with Gasteiger partial charge >= 0.3 is 12.1 Å². The van der Waals surface area contributed by atoms with Crippen LogP contribution in [0.2, 0.25) is 0 Å². The number of likely N-dealkylation sites (tertiary alicyclic amines) is 1. The van der Waals surface area contributed by atoms with E-state index in [2.05, 4.69) is 0 Å². The van der Waals surface area contributed by atoms with Crippen molar-refractivity contribution in [1.29, 1.82) is 0 Å². The molecule has 0 radical (unpaired) electrons. The molecule has 2 fully saturated rings. The predicted molar refractivity (Wildman–Crippen MR) is 60.6 cm³/mol. The summed E-state index contributed by atoms with van der Waals surface area (Å²) in [6.45, 7) is 5.84. The lowest BCUT2D eigenvalue weighted by molar-refractivity contribution is -0.143. The van der Waals surface area contributed by atoms with Gasteiger partial charge in [-0.05, 0) is 40.0 Å². The van der Waals surface area contributed by atoms with Crippen molar-refractivity contribution in [2.45, 2.75) is 51.7 Å². The summed E-state index contributed by atoms with van der Waals surface area (Å²) in [5.41, 5.74) is -0.748. The maximum absolute atomic E-state index is 11.9. The van der Waals surface area contributed by atoms with E-state index in [1.165, 1.54) is 4.90 Å². The number of carbonyl (C=O) groups excluding carboxylic acids is 1. The van der Waals surface area contributed by atoms with E-state index in [1.54, 1.807) is 20.8 Å². The van der Waals surface area contributed by atoms with Crippen LogP contribution >= 0.6 is 0 Å². The fourth-order valence-electron chi connectivity index (χ4n) is 2.54. The first-order chi connectivity index (χ1) is 7.75. The van der Waals surface area contributed by atoms with Crippen molar-refractivity contribution < 1.29 is 19.4 Å². The second kappa shape index (κ2) is 3.62. The normalized spacial score (nSPS) is 26.1. The SMILES string of the molecule is CC(C)(C)OC(=O)N1CCC2(CC2)C1C(=O)O. The summed E-state index contributed by atoms with van der Waals surface area (Å²) >= 11 is 0. The van der Waals surface area contributed by atoms with Gasteiger partial charge in [0.1, 0.15) is 11.6 Å². The van der Waals surface area contributed by atoms with Crippen LogP contribution in [0.15, 0.2) is 0 Å². The molecule has 0 aromatic carbocycles. The minimum absolute atomic E-state index is 0.164. The van der Waals surface area contributed by atoms with Gasteiger partial charge in [-0.3, -0.25) is 4.90 Å². The molecule has 2 rings (SSSR count). The second-order valence-electron chi connectivity index (χ2n) is 6.03. The minimum atomic E-state index is -0.911. The Bertz CT molecular complexity index is 354. The lowest BCUT2D eigenvalue weighted by atomic mass is 9.97. The van der Waals surface area contributed by atoms with Crippen molar-refractivity contribution in [3.63, 3.8) is 0 Å². The second-order valence-corrected chi connectivity index (χ2v) is 6.03. The van der Waals surface area contributed by atoms with Gasteiger partial charge in [-0.15, -0.1) is 0 Å². The third-order valence-electron chi connectivity index (χ3n) is 3.50. The lowest BCUT2D eigenvalue weighted by Crippen LogP contribution is -2.46. The van der Waals surface area contributed by atoms with Gasteiger partial charge in [-0.2, -0.15) is 0 Å². The fraction of sp³-hybridized carbons (Fsp3) is 0.833. The number of carbonyl (C=O) groups is 2. The number of rotatable bonds is 1. The third kappa shape index (κ3) is 2.23. The Hall–Kier alpha value is -1.26. The molecule has 5 nitrogen and oxygen atoms in total. The summed E-state index contributed by atoms with van der Waals surface area (Å²) < 4.78 is 5.25. The van der Waals surface area contributed by atoms with Gasteiger partial charge in [-0.25, -0.2) is 9.59 Å². The van der Waals surface area contributed by atoms with Crippen molar-refractivity contribution in [3.05, 3.63) is 0 Å². The van der Waals surface area contributed by atoms with E-state index in [9.17, 15) is 14.7 Å². The summed E-state index contributed by atoms with van der Waals surface area (Å²) in [5, 5.41) is 9.26. The largest absolute Gasteiger partial charge is 0.480 e. The molecular weight excluding hydrogens is 222 g/mol. The first kappa shape index (κ1) is 12.2. The van der Waals surface area contributed by atoms with Gasteiger partial charge < -0.3 is 9.84 Å². The average molecular weight is 241 g/mol. The molecule has 0 aromatic heterocycles. The molecule has 1 N–H and O–H groups in total. The van der Waals surface area contributed by atoms with E-state index in [0.717, 1.165) is 19.3 Å². The number of hydrogen-bond donors (Lipinski definition) is 1. The fourth-order valence-corrected chi connectivity index (χ4v) is 2.54. The Morgan fingerprint density at radius 1 is 1.29 bits per heavy atom. The zero-order valence-corrected chi connectivity index (χ0v) is 10.5. The molecule has 17 heavy (non-hydrogen) atoms. The number of carboxylic acid groups (broad SMARTS) is 1. The molecule has 1 spiro atoms. The van der Waals surface area contributed by atoms with Crippen molar-refractivity contribution in [2.75, 3.05) is 6.54 Å². The van der Waals surface area contributed by atoms with Gasteiger partial charge in [0, 0.05) is 12.0 Å². The summed E-state index contributed by atoms with van der Waals surface area (Å²) in [5.74, 6) is -0.911. The van der Waals surface area contributed by atoms with E-state index in [1.807, 2.05) is 0 Å². The Kier molecular flexibility index (Phi) is 2.60. The average Bonchev–Trinajstić information content (AvgIpc) is 2.74. The molecule has 1 amide bonds. The molecule has 1 saturated heterocycles. The number of aliphatic carboxylic acids is 1. The molecule has 1 aliphatic carbocycles. The molecule has 1 saturated carbocycles. The van der Waals surface area contributed by atoms with E-state index in [0.29, 0.717) is 6.54 Å². The van der Waals surface area contributed by atoms with Crippen LogP contribution in [-0.2, 0) is 9.53 Å². The van der Waals surface area contributed by atoms with E-state index in [-0.39, 0.29) is 5.41 Å². The van der Waals surface area contributed by atoms with Gasteiger partial charge in [0.15, 0.2) is 0 Å². The highest BCUT2D eigenvalue weighted by Crippen LogP contribution is 2.57. The highest BCUT2D eigenvalue weighted by atomic mass is 16.6. The third-order valence-corrected chi connectivity index (χ3v) is 3.50. The number of hydrogen-bond acceptors (Lipinski definition) is 3. The molecular formula is C12H19NO4. The van der Waals surface area contributed by atoms with Crippen molar-refractivity contribution in [3.8, 4) is 0 Å². The molecule has 5 heteroatoms. The van der Waals surface area contributed by atoms with E-state index >= 15 is 0 Å². The number of carboxylic acids is 1. The maximum atomic E-state index is 11.9. The Morgan fingerprint density at radius 2 is 1.88 bits per heavy atom. The maximum Gasteiger partial charge on any atom is 0.411 e. The first-order valence-electron chi connectivity index (χ1n) is 5.98. The van der Waals surface area contributed by atoms with Crippen molar-refractivity contribution in [2.24, 2.45) is 5.41 Å². The molecule has 1 atom stereocenters. The highest BCUT2D eigenvalue weighted by molar-refractivity contribution is 5.82. The smallest absolute Gasteiger partial charge is 0.411 e. The zero-order chi connectivity index (χ0) is 12.8. The minimum Gasteiger partial charge on any atom is -0.480 e. The Morgan fingerprint density at radius 3 is 2.29 bits per heavy atom. The van der Waals surface area contributed by atoms with E-state index in [4.69, 9.17) is 4.74 Å². The lowest BCUT2D eigenvalue weighted by Gasteiger charge is -2.28. The summed E-state index contributed by atoms with van der Waals surface area (Å²) in [7, 11) is 0. The van der Waals surface area contributed by atoms with Crippen LogP contribution in [0.4, 0.5) is 4.79 Å². The van der Waals surface area contributed by atoms with Gasteiger partial charge in [0.25, 0.3) is 0 Å². The van der Waals surface area contributed by atoms with Gasteiger partial charge in [-0.1, -0.05) is 0 Å². The number of nitrogens with zero attached hydrogens (tertiary/aromatic N) is 1. The Labute approximate surface area is 101 Å². The van der Waals surface area contributed by atoms with Crippen LogP contribution < -0.4 is 0 Å². The summed E-state index contributed by atoms with van der Waals surface area (Å²) in [6.07, 6.45) is 2.09. The van der Waals surface area contributed by atoms with Crippen LogP contribution in [0.25, 0.3) is 0 Å². The molecule has 2 aliphatic rings. The van der Waals surface area contributed by atoms with Crippen molar-refractivity contribution >= 4 is 12.1 Å². The van der Waals surface area contributed by atoms with Crippen LogP contribution in [0, 0.1) is 5.41 Å². The Balaban J connectivity index is 2.11. The summed E-state index contributed by atoms with van der Waals surface area (Å²) in [4.78, 5) is 24.6. The predicted octanol–water partition coefficient (Wildman–Crippen LogP) is 1.86. The molecule has 1 heterocycles. The summed E-state index contributed by atoms with van der Waals surface area (Å²) in [6, 6.07) is -0.697. The molecule has 0 bridgehead atoms. The monoisotopic (exact) mass is 241 g/mol.